The summed E-state index contributed by atoms with van der Waals surface area (Å²) in [7, 11) is 1.76. The molecular formula is C17H22BrNO. The highest BCUT2D eigenvalue weighted by Gasteiger charge is 2.48. The van der Waals surface area contributed by atoms with Crippen molar-refractivity contribution >= 4 is 21.6 Å². The van der Waals surface area contributed by atoms with Crippen molar-refractivity contribution in [2.45, 2.75) is 38.1 Å². The molecule has 4 fully saturated rings. The molecule has 4 aliphatic rings. The Bertz CT molecular complexity index is 488. The summed E-state index contributed by atoms with van der Waals surface area (Å²) >= 11 is 3.57. The minimum Gasteiger partial charge on any atom is -0.495 e. The van der Waals surface area contributed by atoms with Crippen LogP contribution in [0.5, 0.6) is 5.75 Å². The van der Waals surface area contributed by atoms with E-state index < -0.39 is 0 Å². The first-order valence-electron chi connectivity index (χ1n) is 7.83. The molecule has 0 aromatic heterocycles. The average molecular weight is 336 g/mol. The maximum atomic E-state index is 5.51. The fraction of sp³-hybridized carbons (Fsp3) is 0.647. The average Bonchev–Trinajstić information content (AvgIpc) is 2.42. The number of nitrogens with one attached hydrogen (secondary N) is 1. The standard InChI is InChI=1S/C17H22BrNO/c1-20-16-3-2-14(18)9-15(16)19-17-12-5-10-4-11(7-12)8-13(17)6-10/h2-3,9-13,17,19H,4-8H2,1H3. The highest BCUT2D eigenvalue weighted by molar-refractivity contribution is 9.10. The molecule has 4 bridgehead atoms. The number of ether oxygens (including phenoxy) is 1. The Balaban J connectivity index is 1.58. The van der Waals surface area contributed by atoms with Crippen molar-refractivity contribution in [3.05, 3.63) is 22.7 Å². The van der Waals surface area contributed by atoms with Crippen LogP contribution in [-0.2, 0) is 0 Å². The highest BCUT2D eigenvalue weighted by Crippen LogP contribution is 2.54. The zero-order chi connectivity index (χ0) is 13.7. The van der Waals surface area contributed by atoms with E-state index in [1.807, 2.05) is 12.1 Å². The van der Waals surface area contributed by atoms with Crippen molar-refractivity contribution in [1.29, 1.82) is 0 Å². The Labute approximate surface area is 129 Å². The van der Waals surface area contributed by atoms with Crippen LogP contribution in [0.4, 0.5) is 5.69 Å². The van der Waals surface area contributed by atoms with E-state index in [0.29, 0.717) is 6.04 Å². The molecule has 108 valence electrons. The number of rotatable bonds is 3. The normalized spacial score (nSPS) is 38.0. The summed E-state index contributed by atoms with van der Waals surface area (Å²) in [5.41, 5.74) is 1.15. The van der Waals surface area contributed by atoms with Crippen molar-refractivity contribution in [3.8, 4) is 5.75 Å². The van der Waals surface area contributed by atoms with Gasteiger partial charge < -0.3 is 10.1 Å². The number of hydrogen-bond acceptors (Lipinski definition) is 2. The van der Waals surface area contributed by atoms with Gasteiger partial charge in [-0.2, -0.15) is 0 Å². The van der Waals surface area contributed by atoms with Gasteiger partial charge in [0.1, 0.15) is 5.75 Å². The van der Waals surface area contributed by atoms with E-state index >= 15 is 0 Å². The summed E-state index contributed by atoms with van der Waals surface area (Å²) in [5.74, 6) is 4.78. The lowest BCUT2D eigenvalue weighted by atomic mass is 9.54. The molecule has 1 aromatic rings. The van der Waals surface area contributed by atoms with Crippen LogP contribution in [0.2, 0.25) is 0 Å². The summed E-state index contributed by atoms with van der Waals surface area (Å²) in [6.07, 6.45) is 7.30. The van der Waals surface area contributed by atoms with Crippen LogP contribution < -0.4 is 10.1 Å². The van der Waals surface area contributed by atoms with Crippen molar-refractivity contribution in [1.82, 2.24) is 0 Å². The Morgan fingerprint density at radius 2 is 1.70 bits per heavy atom. The quantitative estimate of drug-likeness (QED) is 0.864. The zero-order valence-electron chi connectivity index (χ0n) is 11.9. The third-order valence-corrected chi connectivity index (χ3v) is 6.20. The number of halogens is 1. The first-order chi connectivity index (χ1) is 9.72. The van der Waals surface area contributed by atoms with Crippen LogP contribution in [0.25, 0.3) is 0 Å². The SMILES string of the molecule is COc1ccc(Br)cc1NC1C2CC3CC(C2)CC1C3. The van der Waals surface area contributed by atoms with Gasteiger partial charge in [-0.3, -0.25) is 0 Å². The van der Waals surface area contributed by atoms with Crippen LogP contribution in [0, 0.1) is 23.7 Å². The maximum absolute atomic E-state index is 5.51. The Hall–Kier alpha value is -0.700. The predicted octanol–water partition coefficient (Wildman–Crippen LogP) is 4.69. The van der Waals surface area contributed by atoms with Crippen LogP contribution >= 0.6 is 15.9 Å². The Morgan fingerprint density at radius 3 is 2.30 bits per heavy atom. The van der Waals surface area contributed by atoms with E-state index in [2.05, 4.69) is 27.3 Å². The molecule has 1 N–H and O–H groups in total. The fourth-order valence-electron chi connectivity index (χ4n) is 5.13. The van der Waals surface area contributed by atoms with Crippen molar-refractivity contribution in [3.63, 3.8) is 0 Å². The van der Waals surface area contributed by atoms with Gasteiger partial charge in [0, 0.05) is 10.5 Å². The second-order valence-electron chi connectivity index (χ2n) is 6.95. The minimum absolute atomic E-state index is 0.658. The van der Waals surface area contributed by atoms with Crippen molar-refractivity contribution in [2.75, 3.05) is 12.4 Å². The third kappa shape index (κ3) is 2.14. The molecule has 20 heavy (non-hydrogen) atoms. The third-order valence-electron chi connectivity index (χ3n) is 5.71. The summed E-state index contributed by atoms with van der Waals surface area (Å²) in [4.78, 5) is 0. The highest BCUT2D eigenvalue weighted by atomic mass is 79.9. The van der Waals surface area contributed by atoms with Crippen LogP contribution in [-0.4, -0.2) is 13.2 Å². The van der Waals surface area contributed by atoms with Gasteiger partial charge in [-0.05, 0) is 74.0 Å². The lowest BCUT2D eigenvalue weighted by molar-refractivity contribution is 0.00748. The van der Waals surface area contributed by atoms with Crippen LogP contribution in [0.1, 0.15) is 32.1 Å². The fourth-order valence-corrected chi connectivity index (χ4v) is 5.49. The number of benzene rings is 1. The zero-order valence-corrected chi connectivity index (χ0v) is 13.5. The molecule has 4 saturated carbocycles. The van der Waals surface area contributed by atoms with Gasteiger partial charge in [-0.1, -0.05) is 15.9 Å². The molecule has 3 heteroatoms. The smallest absolute Gasteiger partial charge is 0.142 e. The molecule has 0 unspecified atom stereocenters. The molecule has 0 heterocycles. The first-order valence-corrected chi connectivity index (χ1v) is 8.62. The molecule has 5 rings (SSSR count). The van der Waals surface area contributed by atoms with Gasteiger partial charge >= 0.3 is 0 Å². The molecule has 0 atom stereocenters. The first kappa shape index (κ1) is 13.0. The second-order valence-corrected chi connectivity index (χ2v) is 7.86. The molecule has 0 saturated heterocycles. The van der Waals surface area contributed by atoms with E-state index in [-0.39, 0.29) is 0 Å². The Kier molecular flexibility index (Phi) is 3.21. The van der Waals surface area contributed by atoms with Gasteiger partial charge in [0.05, 0.1) is 12.8 Å². The van der Waals surface area contributed by atoms with Crippen molar-refractivity contribution in [2.24, 2.45) is 23.7 Å². The van der Waals surface area contributed by atoms with Gasteiger partial charge in [0.15, 0.2) is 0 Å². The van der Waals surface area contributed by atoms with E-state index in [4.69, 9.17) is 4.74 Å². The molecule has 0 amide bonds. The summed E-state index contributed by atoms with van der Waals surface area (Å²) < 4.78 is 6.63. The lowest BCUT2D eigenvalue weighted by Gasteiger charge is -2.54. The van der Waals surface area contributed by atoms with E-state index in [9.17, 15) is 0 Å². The van der Waals surface area contributed by atoms with Crippen LogP contribution in [0.15, 0.2) is 22.7 Å². The van der Waals surface area contributed by atoms with Gasteiger partial charge in [-0.15, -0.1) is 0 Å². The van der Waals surface area contributed by atoms with E-state index in [0.717, 1.165) is 39.6 Å². The predicted molar refractivity (Wildman–Crippen MR) is 85.1 cm³/mol. The molecule has 0 spiro atoms. The van der Waals surface area contributed by atoms with E-state index in [1.165, 1.54) is 32.1 Å². The maximum Gasteiger partial charge on any atom is 0.142 e. The van der Waals surface area contributed by atoms with Gasteiger partial charge in [-0.25, -0.2) is 0 Å². The molecular weight excluding hydrogens is 314 g/mol. The summed E-state index contributed by atoms with van der Waals surface area (Å²) in [5, 5.41) is 3.83. The molecule has 0 aliphatic heterocycles. The Morgan fingerprint density at radius 1 is 1.05 bits per heavy atom. The van der Waals surface area contributed by atoms with Gasteiger partial charge in [0.2, 0.25) is 0 Å². The monoisotopic (exact) mass is 335 g/mol. The summed E-state index contributed by atoms with van der Waals surface area (Å²) in [6.45, 7) is 0. The number of anilines is 1. The molecule has 2 nitrogen and oxygen atoms in total. The molecule has 4 aliphatic carbocycles. The molecule has 1 aromatic carbocycles. The number of hydrogen-bond donors (Lipinski definition) is 1. The largest absolute Gasteiger partial charge is 0.495 e. The molecule has 0 radical (unpaired) electrons. The second kappa shape index (κ2) is 4.94. The number of methoxy groups -OCH3 is 1. The van der Waals surface area contributed by atoms with Crippen molar-refractivity contribution < 1.29 is 4.74 Å². The van der Waals surface area contributed by atoms with Crippen LogP contribution in [0.3, 0.4) is 0 Å². The van der Waals surface area contributed by atoms with Gasteiger partial charge in [0.25, 0.3) is 0 Å². The minimum atomic E-state index is 0.658. The summed E-state index contributed by atoms with van der Waals surface area (Å²) in [6, 6.07) is 6.90. The lowest BCUT2D eigenvalue weighted by Crippen LogP contribution is -2.51. The topological polar surface area (TPSA) is 21.3 Å². The van der Waals surface area contributed by atoms with E-state index in [1.54, 1.807) is 7.11 Å².